The summed E-state index contributed by atoms with van der Waals surface area (Å²) in [6.45, 7) is 4.41. The van der Waals surface area contributed by atoms with Gasteiger partial charge in [0.05, 0.1) is 0 Å². The van der Waals surface area contributed by atoms with Crippen LogP contribution in [0.4, 0.5) is 0 Å². The Labute approximate surface area is 117 Å². The lowest BCUT2D eigenvalue weighted by Crippen LogP contribution is -2.34. The Bertz CT molecular complexity index is 392. The fraction of sp³-hybridized carbons (Fsp3) is 0.647. The van der Waals surface area contributed by atoms with Gasteiger partial charge < -0.3 is 0 Å². The molecule has 1 aromatic rings. The van der Waals surface area contributed by atoms with Crippen LogP contribution in [0.1, 0.15) is 67.7 Å². The topological polar surface area (TPSA) is 38.0 Å². The fourth-order valence-corrected chi connectivity index (χ4v) is 3.41. The molecule has 2 nitrogen and oxygen atoms in total. The van der Waals surface area contributed by atoms with Gasteiger partial charge in [0, 0.05) is 6.04 Å². The van der Waals surface area contributed by atoms with E-state index in [1.807, 2.05) is 0 Å². The summed E-state index contributed by atoms with van der Waals surface area (Å²) in [5, 5.41) is 0. The summed E-state index contributed by atoms with van der Waals surface area (Å²) in [4.78, 5) is 0. The van der Waals surface area contributed by atoms with Crippen LogP contribution >= 0.6 is 0 Å². The lowest BCUT2D eigenvalue weighted by atomic mass is 9.81. The summed E-state index contributed by atoms with van der Waals surface area (Å²) in [6, 6.07) is 6.90. The summed E-state index contributed by atoms with van der Waals surface area (Å²) >= 11 is 0. The van der Waals surface area contributed by atoms with Gasteiger partial charge in [-0.3, -0.25) is 11.3 Å². The van der Waals surface area contributed by atoms with Gasteiger partial charge in [0.15, 0.2) is 0 Å². The first kappa shape index (κ1) is 14.5. The van der Waals surface area contributed by atoms with Crippen molar-refractivity contribution >= 4 is 0 Å². The van der Waals surface area contributed by atoms with Crippen LogP contribution in [-0.2, 0) is 0 Å². The van der Waals surface area contributed by atoms with Crippen molar-refractivity contribution in [2.24, 2.45) is 11.8 Å². The molecule has 2 rings (SSSR count). The molecule has 3 N–H and O–H groups in total. The predicted octanol–water partition coefficient (Wildman–Crippen LogP) is 4.17. The summed E-state index contributed by atoms with van der Waals surface area (Å²) < 4.78 is 0. The Morgan fingerprint density at radius 3 is 2.32 bits per heavy atom. The molecule has 0 saturated heterocycles. The maximum atomic E-state index is 5.89. The van der Waals surface area contributed by atoms with Crippen molar-refractivity contribution in [3.05, 3.63) is 34.9 Å². The van der Waals surface area contributed by atoms with E-state index in [9.17, 15) is 0 Å². The van der Waals surface area contributed by atoms with Crippen LogP contribution < -0.4 is 11.3 Å². The standard InChI is InChI=1S/C17H28N2/c1-13-9-8-12-16(14(13)2)17(19-18)15-10-6-4-3-5-7-11-15/h8-9,12,15,17,19H,3-7,10-11,18H2,1-2H3. The highest BCUT2D eigenvalue weighted by Gasteiger charge is 2.24. The first-order valence-electron chi connectivity index (χ1n) is 7.76. The van der Waals surface area contributed by atoms with E-state index in [-0.39, 0.29) is 0 Å². The van der Waals surface area contributed by atoms with Crippen molar-refractivity contribution < 1.29 is 0 Å². The molecule has 1 saturated carbocycles. The van der Waals surface area contributed by atoms with Gasteiger partial charge in [-0.2, -0.15) is 0 Å². The molecule has 0 radical (unpaired) electrons. The zero-order valence-electron chi connectivity index (χ0n) is 12.4. The Morgan fingerprint density at radius 1 is 1.05 bits per heavy atom. The monoisotopic (exact) mass is 260 g/mol. The van der Waals surface area contributed by atoms with Crippen LogP contribution in [0.25, 0.3) is 0 Å². The fourth-order valence-electron chi connectivity index (χ4n) is 3.41. The molecule has 1 aliphatic rings. The summed E-state index contributed by atoms with van der Waals surface area (Å²) in [5.74, 6) is 6.58. The van der Waals surface area contributed by atoms with Gasteiger partial charge in [-0.1, -0.05) is 50.3 Å². The molecule has 106 valence electrons. The van der Waals surface area contributed by atoms with Gasteiger partial charge in [0.2, 0.25) is 0 Å². The predicted molar refractivity (Wildman–Crippen MR) is 81.8 cm³/mol. The molecule has 1 unspecified atom stereocenters. The van der Waals surface area contributed by atoms with Crippen molar-refractivity contribution in [2.75, 3.05) is 0 Å². The third-order valence-corrected chi connectivity index (χ3v) is 4.78. The van der Waals surface area contributed by atoms with Gasteiger partial charge in [-0.25, -0.2) is 0 Å². The Kier molecular flexibility index (Phi) is 5.41. The van der Waals surface area contributed by atoms with E-state index in [0.29, 0.717) is 12.0 Å². The molecule has 1 aromatic carbocycles. The van der Waals surface area contributed by atoms with Crippen LogP contribution in [-0.4, -0.2) is 0 Å². The van der Waals surface area contributed by atoms with E-state index < -0.39 is 0 Å². The van der Waals surface area contributed by atoms with E-state index >= 15 is 0 Å². The molecule has 1 atom stereocenters. The lowest BCUT2D eigenvalue weighted by Gasteiger charge is -2.30. The van der Waals surface area contributed by atoms with E-state index in [0.717, 1.165) is 0 Å². The lowest BCUT2D eigenvalue weighted by molar-refractivity contribution is 0.290. The molecule has 1 aliphatic carbocycles. The van der Waals surface area contributed by atoms with E-state index in [4.69, 9.17) is 5.84 Å². The molecule has 2 heteroatoms. The number of hydrogen-bond donors (Lipinski definition) is 2. The minimum Gasteiger partial charge on any atom is -0.271 e. The van der Waals surface area contributed by atoms with Gasteiger partial charge in [-0.15, -0.1) is 0 Å². The largest absolute Gasteiger partial charge is 0.271 e. The maximum absolute atomic E-state index is 5.89. The van der Waals surface area contributed by atoms with Crippen molar-refractivity contribution in [2.45, 2.75) is 64.8 Å². The van der Waals surface area contributed by atoms with Crippen LogP contribution in [0.5, 0.6) is 0 Å². The van der Waals surface area contributed by atoms with Crippen LogP contribution in [0.15, 0.2) is 18.2 Å². The normalized spacial score (nSPS) is 19.7. The highest BCUT2D eigenvalue weighted by Crippen LogP contribution is 2.34. The smallest absolute Gasteiger partial charge is 0.0490 e. The quantitative estimate of drug-likeness (QED) is 0.632. The Hall–Kier alpha value is -0.860. The van der Waals surface area contributed by atoms with Crippen molar-refractivity contribution in [1.82, 2.24) is 5.43 Å². The van der Waals surface area contributed by atoms with Gasteiger partial charge >= 0.3 is 0 Å². The van der Waals surface area contributed by atoms with Crippen molar-refractivity contribution in [1.29, 1.82) is 0 Å². The third kappa shape index (κ3) is 3.58. The molecule has 0 aromatic heterocycles. The second-order valence-electron chi connectivity index (χ2n) is 6.04. The molecule has 0 amide bonds. The molecule has 0 aliphatic heterocycles. The number of benzene rings is 1. The molecule has 0 heterocycles. The molecule has 0 spiro atoms. The van der Waals surface area contributed by atoms with Crippen molar-refractivity contribution in [3.8, 4) is 0 Å². The molecule has 0 bridgehead atoms. The molecule has 19 heavy (non-hydrogen) atoms. The van der Waals surface area contributed by atoms with E-state index in [1.54, 1.807) is 0 Å². The number of rotatable bonds is 3. The first-order chi connectivity index (χ1) is 9.24. The number of nitrogens with two attached hydrogens (primary N) is 1. The average molecular weight is 260 g/mol. The molecular weight excluding hydrogens is 232 g/mol. The number of hydrogen-bond acceptors (Lipinski definition) is 2. The number of hydrazine groups is 1. The zero-order chi connectivity index (χ0) is 13.7. The number of nitrogens with one attached hydrogen (secondary N) is 1. The van der Waals surface area contributed by atoms with Gasteiger partial charge in [-0.05, 0) is 49.3 Å². The Balaban J connectivity index is 2.19. The first-order valence-corrected chi connectivity index (χ1v) is 7.76. The van der Waals surface area contributed by atoms with Gasteiger partial charge in [0.1, 0.15) is 0 Å². The minimum atomic E-state index is 0.318. The average Bonchev–Trinajstić information content (AvgIpc) is 2.37. The van der Waals surface area contributed by atoms with Crippen molar-refractivity contribution in [3.63, 3.8) is 0 Å². The molecular formula is C17H28N2. The van der Waals surface area contributed by atoms with Crippen LogP contribution in [0, 0.1) is 19.8 Å². The number of aryl methyl sites for hydroxylation is 1. The second-order valence-corrected chi connectivity index (χ2v) is 6.04. The molecule has 1 fully saturated rings. The van der Waals surface area contributed by atoms with E-state index in [1.165, 1.54) is 61.6 Å². The second kappa shape index (κ2) is 7.06. The summed E-state index contributed by atoms with van der Waals surface area (Å²) in [6.07, 6.45) is 9.52. The van der Waals surface area contributed by atoms with E-state index in [2.05, 4.69) is 37.5 Å². The highest BCUT2D eigenvalue weighted by atomic mass is 15.2. The Morgan fingerprint density at radius 2 is 1.68 bits per heavy atom. The maximum Gasteiger partial charge on any atom is 0.0490 e. The minimum absolute atomic E-state index is 0.318. The summed E-state index contributed by atoms with van der Waals surface area (Å²) in [5.41, 5.74) is 7.26. The third-order valence-electron chi connectivity index (χ3n) is 4.78. The van der Waals surface area contributed by atoms with Crippen LogP contribution in [0.2, 0.25) is 0 Å². The SMILES string of the molecule is Cc1cccc(C(NN)C2CCCCCCC2)c1C. The summed E-state index contributed by atoms with van der Waals surface area (Å²) in [7, 11) is 0. The van der Waals surface area contributed by atoms with Gasteiger partial charge in [0.25, 0.3) is 0 Å². The highest BCUT2D eigenvalue weighted by molar-refractivity contribution is 5.35. The van der Waals surface area contributed by atoms with Crippen LogP contribution in [0.3, 0.4) is 0 Å². The zero-order valence-corrected chi connectivity index (χ0v) is 12.4.